The molecular formula is C28H21F3O6. The molecule has 0 aliphatic heterocycles. The van der Waals surface area contributed by atoms with Crippen LogP contribution >= 0.6 is 0 Å². The maximum atomic E-state index is 13.8. The van der Waals surface area contributed by atoms with Crippen LogP contribution in [0.15, 0.2) is 82.0 Å². The number of methoxy groups -OCH3 is 1. The molecule has 0 aliphatic carbocycles. The van der Waals surface area contributed by atoms with Gasteiger partial charge in [-0.25, -0.2) is 4.79 Å². The van der Waals surface area contributed by atoms with Gasteiger partial charge < -0.3 is 18.6 Å². The largest absolute Gasteiger partial charge is 0.497 e. The van der Waals surface area contributed by atoms with Crippen molar-refractivity contribution < 1.29 is 36.6 Å². The average Bonchev–Trinajstić information content (AvgIpc) is 2.89. The third-order valence-corrected chi connectivity index (χ3v) is 5.38. The molecule has 0 radical (unpaired) electrons. The molecule has 0 aliphatic rings. The number of fused-ring (bicyclic) bond motifs is 1. The van der Waals surface area contributed by atoms with Crippen LogP contribution in [0.3, 0.4) is 0 Å². The first-order valence-corrected chi connectivity index (χ1v) is 11.2. The maximum Gasteiger partial charge on any atom is 0.453 e. The lowest BCUT2D eigenvalue weighted by Crippen LogP contribution is -2.15. The molecule has 37 heavy (non-hydrogen) atoms. The van der Waals surface area contributed by atoms with Crippen molar-refractivity contribution in [2.75, 3.05) is 7.11 Å². The van der Waals surface area contributed by atoms with Crippen molar-refractivity contribution in [1.82, 2.24) is 0 Å². The summed E-state index contributed by atoms with van der Waals surface area (Å²) in [7, 11) is 1.53. The van der Waals surface area contributed by atoms with E-state index in [1.54, 1.807) is 36.4 Å². The normalized spacial score (nSPS) is 11.6. The van der Waals surface area contributed by atoms with Gasteiger partial charge in [-0.05, 0) is 60.0 Å². The highest BCUT2D eigenvalue weighted by Crippen LogP contribution is 2.38. The number of hydrogen-bond donors (Lipinski definition) is 0. The second kappa shape index (κ2) is 10.6. The Balaban J connectivity index is 1.62. The van der Waals surface area contributed by atoms with E-state index in [-0.39, 0.29) is 16.9 Å². The van der Waals surface area contributed by atoms with Crippen LogP contribution in [0, 0.1) is 0 Å². The van der Waals surface area contributed by atoms with Crippen molar-refractivity contribution in [3.63, 3.8) is 0 Å². The van der Waals surface area contributed by atoms with Gasteiger partial charge in [-0.2, -0.15) is 13.2 Å². The van der Waals surface area contributed by atoms with Gasteiger partial charge in [0.1, 0.15) is 22.8 Å². The molecule has 190 valence electrons. The van der Waals surface area contributed by atoms with E-state index in [0.717, 1.165) is 24.1 Å². The van der Waals surface area contributed by atoms with E-state index in [0.29, 0.717) is 11.3 Å². The van der Waals surface area contributed by atoms with Crippen LogP contribution in [0.4, 0.5) is 13.2 Å². The second-order valence-electron chi connectivity index (χ2n) is 7.87. The molecule has 1 aromatic heterocycles. The average molecular weight is 510 g/mol. The third kappa shape index (κ3) is 6.00. The summed E-state index contributed by atoms with van der Waals surface area (Å²) in [5.74, 6) is -2.73. The van der Waals surface area contributed by atoms with Crippen LogP contribution in [0.5, 0.6) is 23.0 Å². The predicted molar refractivity (Wildman–Crippen MR) is 131 cm³/mol. The summed E-state index contributed by atoms with van der Waals surface area (Å²) < 4.78 is 62.0. The zero-order chi connectivity index (χ0) is 26.6. The Kier molecular flexibility index (Phi) is 7.33. The monoisotopic (exact) mass is 510 g/mol. The number of carbonyl (C=O) groups excluding carboxylic acids is 1. The number of halogens is 3. The van der Waals surface area contributed by atoms with Gasteiger partial charge in [-0.15, -0.1) is 0 Å². The second-order valence-corrected chi connectivity index (χ2v) is 7.87. The van der Waals surface area contributed by atoms with E-state index in [9.17, 15) is 22.8 Å². The molecule has 4 aromatic rings. The van der Waals surface area contributed by atoms with Crippen LogP contribution in [-0.2, 0) is 17.4 Å². The lowest BCUT2D eigenvalue weighted by molar-refractivity contribution is -0.154. The van der Waals surface area contributed by atoms with Crippen LogP contribution in [0.2, 0.25) is 0 Å². The Morgan fingerprint density at radius 2 is 1.59 bits per heavy atom. The molecule has 4 rings (SSSR count). The number of esters is 1. The highest BCUT2D eigenvalue weighted by molar-refractivity contribution is 5.89. The van der Waals surface area contributed by atoms with Gasteiger partial charge in [0.05, 0.1) is 12.5 Å². The smallest absolute Gasteiger partial charge is 0.453 e. The van der Waals surface area contributed by atoms with E-state index in [1.807, 2.05) is 6.92 Å². The predicted octanol–water partition coefficient (Wildman–Crippen LogP) is 6.79. The van der Waals surface area contributed by atoms with Crippen LogP contribution in [0.25, 0.3) is 17.0 Å². The van der Waals surface area contributed by atoms with Crippen LogP contribution in [-0.4, -0.2) is 13.1 Å². The summed E-state index contributed by atoms with van der Waals surface area (Å²) in [6.45, 7) is 1.93. The molecule has 0 saturated heterocycles. The van der Waals surface area contributed by atoms with Crippen molar-refractivity contribution >= 4 is 23.0 Å². The lowest BCUT2D eigenvalue weighted by Gasteiger charge is -2.13. The van der Waals surface area contributed by atoms with Crippen LogP contribution < -0.4 is 19.6 Å². The molecule has 0 amide bonds. The lowest BCUT2D eigenvalue weighted by atomic mass is 10.1. The molecule has 0 N–H and O–H groups in total. The number of ether oxygens (including phenoxy) is 3. The van der Waals surface area contributed by atoms with Crippen molar-refractivity contribution in [2.24, 2.45) is 0 Å². The zero-order valence-corrected chi connectivity index (χ0v) is 19.8. The van der Waals surface area contributed by atoms with Crippen molar-refractivity contribution in [3.8, 4) is 23.0 Å². The molecule has 6 nitrogen and oxygen atoms in total. The molecule has 0 saturated carbocycles. The van der Waals surface area contributed by atoms with Gasteiger partial charge in [-0.1, -0.05) is 31.2 Å². The minimum atomic E-state index is -5.01. The fraction of sp³-hybridized carbons (Fsp3) is 0.143. The molecule has 0 bridgehead atoms. The Morgan fingerprint density at radius 1 is 0.946 bits per heavy atom. The summed E-state index contributed by atoms with van der Waals surface area (Å²) in [5.41, 5.74) is 0.240. The molecule has 1 heterocycles. The summed E-state index contributed by atoms with van der Waals surface area (Å²) in [4.78, 5) is 25.2. The Hall–Kier alpha value is -4.53. The number of alkyl halides is 3. The van der Waals surface area contributed by atoms with Crippen molar-refractivity contribution in [3.05, 3.63) is 99.9 Å². The van der Waals surface area contributed by atoms with Gasteiger partial charge in [-0.3, -0.25) is 4.79 Å². The summed E-state index contributed by atoms with van der Waals surface area (Å²) >= 11 is 0. The molecule has 9 heteroatoms. The topological polar surface area (TPSA) is 75.0 Å². The first-order chi connectivity index (χ1) is 17.7. The van der Waals surface area contributed by atoms with Gasteiger partial charge in [0.25, 0.3) is 5.76 Å². The standard InChI is InChI=1S/C28H21F3O6/c1-3-17-4-11-20(12-5-17)36-26-25(33)22-14-13-21(16-23(22)37-27(26)28(29,30)31)35-24(32)15-8-18-6-9-19(34-2)10-7-18/h4-16H,3H2,1-2H3/b15-8+. The van der Waals surface area contributed by atoms with E-state index >= 15 is 0 Å². The molecule has 0 spiro atoms. The first kappa shape index (κ1) is 25.6. The van der Waals surface area contributed by atoms with E-state index in [2.05, 4.69) is 0 Å². The Bertz CT molecular complexity index is 1500. The highest BCUT2D eigenvalue weighted by atomic mass is 19.4. The summed E-state index contributed by atoms with van der Waals surface area (Å²) in [6.07, 6.45) is -1.62. The fourth-order valence-electron chi connectivity index (χ4n) is 3.44. The number of hydrogen-bond acceptors (Lipinski definition) is 6. The van der Waals surface area contributed by atoms with Crippen molar-refractivity contribution in [1.29, 1.82) is 0 Å². The SMILES string of the molecule is CCc1ccc(Oc2c(C(F)(F)F)oc3cc(OC(=O)/C=C/c4ccc(OC)cc4)ccc3c2=O)cc1. The van der Waals surface area contributed by atoms with Crippen LogP contribution in [0.1, 0.15) is 23.8 Å². The highest BCUT2D eigenvalue weighted by Gasteiger charge is 2.40. The zero-order valence-electron chi connectivity index (χ0n) is 19.8. The molecular weight excluding hydrogens is 489 g/mol. The molecule has 0 atom stereocenters. The van der Waals surface area contributed by atoms with E-state index < -0.39 is 34.7 Å². The molecule has 0 fully saturated rings. The van der Waals surface area contributed by atoms with E-state index in [4.69, 9.17) is 18.6 Å². The van der Waals surface area contributed by atoms with Gasteiger partial charge in [0, 0.05) is 12.1 Å². The Morgan fingerprint density at radius 3 is 2.22 bits per heavy atom. The number of rotatable bonds is 7. The van der Waals surface area contributed by atoms with Gasteiger partial charge in [0.2, 0.25) is 11.2 Å². The minimum absolute atomic E-state index is 0.0588. The van der Waals surface area contributed by atoms with Crippen molar-refractivity contribution in [2.45, 2.75) is 19.5 Å². The Labute approximate surface area is 209 Å². The summed E-state index contributed by atoms with van der Waals surface area (Å²) in [5, 5.41) is -0.165. The number of carbonyl (C=O) groups is 1. The first-order valence-electron chi connectivity index (χ1n) is 11.2. The van der Waals surface area contributed by atoms with Gasteiger partial charge >= 0.3 is 12.1 Å². The third-order valence-electron chi connectivity index (χ3n) is 5.38. The number of aryl methyl sites for hydroxylation is 1. The quantitative estimate of drug-likeness (QED) is 0.155. The van der Waals surface area contributed by atoms with E-state index in [1.165, 1.54) is 37.5 Å². The summed E-state index contributed by atoms with van der Waals surface area (Å²) in [6, 6.07) is 16.8. The van der Waals surface area contributed by atoms with Gasteiger partial charge in [0.15, 0.2) is 0 Å². The minimum Gasteiger partial charge on any atom is -0.497 e. The maximum absolute atomic E-state index is 13.8. The molecule has 3 aromatic carbocycles. The molecule has 0 unspecified atom stereocenters. The number of benzene rings is 3. The fourth-order valence-corrected chi connectivity index (χ4v) is 3.44.